The molecule has 4 heteroatoms. The third-order valence-electron chi connectivity index (χ3n) is 2.76. The topological polar surface area (TPSA) is 32.3 Å². The summed E-state index contributed by atoms with van der Waals surface area (Å²) in [5.74, 6) is 0.0342. The molecule has 1 aliphatic rings. The van der Waals surface area contributed by atoms with Gasteiger partial charge in [0.2, 0.25) is 0 Å². The number of alkyl halides is 1. The van der Waals surface area contributed by atoms with Gasteiger partial charge >= 0.3 is 0 Å². The smallest absolute Gasteiger partial charge is 0.253 e. The number of hydrogen-bond donors (Lipinski definition) is 1. The van der Waals surface area contributed by atoms with Crippen LogP contribution < -0.4 is 5.32 Å². The van der Waals surface area contributed by atoms with Crippen LogP contribution in [0, 0.1) is 0 Å². The van der Waals surface area contributed by atoms with Crippen LogP contribution in [0.5, 0.6) is 0 Å². The first kappa shape index (κ1) is 11.1. The summed E-state index contributed by atoms with van der Waals surface area (Å²) in [5.41, 5.74) is 1.25. The number of halogens is 1. The molecule has 0 unspecified atom stereocenters. The van der Waals surface area contributed by atoms with Crippen LogP contribution >= 0.6 is 0 Å². The molecular formula is C12H15FN2O. The number of carbonyl (C=O) groups excluding carboxylic acids is 1. The summed E-state index contributed by atoms with van der Waals surface area (Å²) in [4.78, 5) is 13.8. The Hall–Kier alpha value is -1.42. The fraction of sp³-hybridized carbons (Fsp3) is 0.417. The molecule has 0 saturated carbocycles. The summed E-state index contributed by atoms with van der Waals surface area (Å²) in [6.45, 7) is 2.68. The molecule has 0 aromatic heterocycles. The van der Waals surface area contributed by atoms with Gasteiger partial charge in [-0.2, -0.15) is 0 Å². The van der Waals surface area contributed by atoms with Crippen molar-refractivity contribution in [1.29, 1.82) is 0 Å². The van der Waals surface area contributed by atoms with Gasteiger partial charge in [0.05, 0.1) is 0 Å². The maximum atomic E-state index is 12.3. The van der Waals surface area contributed by atoms with E-state index in [1.54, 1.807) is 24.3 Å². The van der Waals surface area contributed by atoms with Crippen LogP contribution in [0.2, 0.25) is 0 Å². The van der Waals surface area contributed by atoms with Gasteiger partial charge in [0.25, 0.3) is 5.91 Å². The van der Waals surface area contributed by atoms with Crippen molar-refractivity contribution in [1.82, 2.24) is 10.2 Å². The van der Waals surface area contributed by atoms with E-state index >= 15 is 0 Å². The summed E-state index contributed by atoms with van der Waals surface area (Å²) in [7, 11) is 0. The van der Waals surface area contributed by atoms with E-state index in [-0.39, 0.29) is 5.91 Å². The number of benzene rings is 1. The molecule has 2 rings (SSSR count). The Balaban J connectivity index is 2.07. The van der Waals surface area contributed by atoms with Gasteiger partial charge in [0, 0.05) is 31.7 Å². The number of amides is 1. The Labute approximate surface area is 94.3 Å². The predicted molar refractivity (Wildman–Crippen MR) is 60.0 cm³/mol. The van der Waals surface area contributed by atoms with Crippen LogP contribution in [-0.2, 0) is 6.67 Å². The van der Waals surface area contributed by atoms with Crippen molar-refractivity contribution in [2.45, 2.75) is 6.67 Å². The second-order valence-corrected chi connectivity index (χ2v) is 3.87. The number of carbonyl (C=O) groups is 1. The molecule has 1 N–H and O–H groups in total. The van der Waals surface area contributed by atoms with Gasteiger partial charge in [-0.25, -0.2) is 4.39 Å². The molecule has 0 bridgehead atoms. The molecular weight excluding hydrogens is 207 g/mol. The van der Waals surface area contributed by atoms with Crippen molar-refractivity contribution in [3.05, 3.63) is 35.4 Å². The first-order chi connectivity index (χ1) is 7.81. The quantitative estimate of drug-likeness (QED) is 0.815. The Bertz CT molecular complexity index is 358. The second kappa shape index (κ2) is 5.07. The molecule has 1 aromatic rings. The van der Waals surface area contributed by atoms with E-state index in [2.05, 4.69) is 5.32 Å². The fourth-order valence-electron chi connectivity index (χ4n) is 1.79. The van der Waals surface area contributed by atoms with E-state index < -0.39 is 6.67 Å². The summed E-state index contributed by atoms with van der Waals surface area (Å²) in [6, 6.07) is 6.71. The van der Waals surface area contributed by atoms with Gasteiger partial charge in [-0.3, -0.25) is 4.79 Å². The SMILES string of the molecule is O=C(c1ccc(CF)cc1)N1CCNCC1. The van der Waals surface area contributed by atoms with Crippen molar-refractivity contribution in [3.8, 4) is 0 Å². The number of hydrogen-bond acceptors (Lipinski definition) is 2. The van der Waals surface area contributed by atoms with Gasteiger partial charge < -0.3 is 10.2 Å². The lowest BCUT2D eigenvalue weighted by molar-refractivity contribution is 0.0736. The highest BCUT2D eigenvalue weighted by molar-refractivity contribution is 5.94. The Morgan fingerprint density at radius 3 is 2.44 bits per heavy atom. The van der Waals surface area contributed by atoms with Crippen LogP contribution in [0.3, 0.4) is 0 Å². The molecule has 1 aromatic carbocycles. The summed E-state index contributed by atoms with van der Waals surface area (Å²) in [5, 5.41) is 3.20. The molecule has 1 amide bonds. The van der Waals surface area contributed by atoms with Crippen LogP contribution in [-0.4, -0.2) is 37.0 Å². The average Bonchev–Trinajstić information content (AvgIpc) is 2.39. The highest BCUT2D eigenvalue weighted by Crippen LogP contribution is 2.09. The molecule has 16 heavy (non-hydrogen) atoms. The van der Waals surface area contributed by atoms with E-state index in [0.29, 0.717) is 11.1 Å². The van der Waals surface area contributed by atoms with Crippen LogP contribution in [0.25, 0.3) is 0 Å². The largest absolute Gasteiger partial charge is 0.336 e. The summed E-state index contributed by atoms with van der Waals surface area (Å²) >= 11 is 0. The second-order valence-electron chi connectivity index (χ2n) is 3.87. The highest BCUT2D eigenvalue weighted by Gasteiger charge is 2.17. The lowest BCUT2D eigenvalue weighted by Gasteiger charge is -2.27. The molecule has 0 atom stereocenters. The van der Waals surface area contributed by atoms with E-state index in [9.17, 15) is 9.18 Å². The van der Waals surface area contributed by atoms with Crippen LogP contribution in [0.1, 0.15) is 15.9 Å². The maximum Gasteiger partial charge on any atom is 0.253 e. The first-order valence-corrected chi connectivity index (χ1v) is 5.46. The predicted octanol–water partition coefficient (Wildman–Crippen LogP) is 1.20. The van der Waals surface area contributed by atoms with Gasteiger partial charge in [0.15, 0.2) is 0 Å². The molecule has 1 saturated heterocycles. The van der Waals surface area contributed by atoms with E-state index in [4.69, 9.17) is 0 Å². The highest BCUT2D eigenvalue weighted by atomic mass is 19.1. The van der Waals surface area contributed by atoms with Crippen molar-refractivity contribution >= 4 is 5.91 Å². The zero-order chi connectivity index (χ0) is 11.4. The maximum absolute atomic E-state index is 12.3. The minimum atomic E-state index is -0.484. The Morgan fingerprint density at radius 2 is 1.88 bits per heavy atom. The summed E-state index contributed by atoms with van der Waals surface area (Å²) < 4.78 is 12.3. The van der Waals surface area contributed by atoms with Crippen LogP contribution in [0.4, 0.5) is 4.39 Å². The van der Waals surface area contributed by atoms with E-state index in [0.717, 1.165) is 26.2 Å². The molecule has 1 aliphatic heterocycles. The average molecular weight is 222 g/mol. The lowest BCUT2D eigenvalue weighted by Crippen LogP contribution is -2.46. The molecule has 0 radical (unpaired) electrons. The zero-order valence-electron chi connectivity index (χ0n) is 9.08. The molecule has 1 fully saturated rings. The number of piperazine rings is 1. The fourth-order valence-corrected chi connectivity index (χ4v) is 1.79. The van der Waals surface area contributed by atoms with Gasteiger partial charge in [-0.05, 0) is 17.7 Å². The Kier molecular flexibility index (Phi) is 3.51. The van der Waals surface area contributed by atoms with Crippen molar-refractivity contribution < 1.29 is 9.18 Å². The molecule has 1 heterocycles. The van der Waals surface area contributed by atoms with E-state index in [1.807, 2.05) is 4.90 Å². The summed E-state index contributed by atoms with van der Waals surface area (Å²) in [6.07, 6.45) is 0. The molecule has 3 nitrogen and oxygen atoms in total. The van der Waals surface area contributed by atoms with Crippen LogP contribution in [0.15, 0.2) is 24.3 Å². The van der Waals surface area contributed by atoms with Crippen molar-refractivity contribution in [3.63, 3.8) is 0 Å². The zero-order valence-corrected chi connectivity index (χ0v) is 9.08. The van der Waals surface area contributed by atoms with E-state index in [1.165, 1.54) is 0 Å². The molecule has 0 spiro atoms. The first-order valence-electron chi connectivity index (χ1n) is 5.46. The minimum Gasteiger partial charge on any atom is -0.336 e. The van der Waals surface area contributed by atoms with Gasteiger partial charge in [-0.1, -0.05) is 12.1 Å². The Morgan fingerprint density at radius 1 is 1.25 bits per heavy atom. The normalized spacial score (nSPS) is 16.2. The molecule has 86 valence electrons. The third-order valence-corrected chi connectivity index (χ3v) is 2.76. The van der Waals surface area contributed by atoms with Crippen molar-refractivity contribution in [2.24, 2.45) is 0 Å². The standard InChI is InChI=1S/C12H15FN2O/c13-9-10-1-3-11(4-2-10)12(16)15-7-5-14-6-8-15/h1-4,14H,5-9H2. The number of rotatable bonds is 2. The van der Waals surface area contributed by atoms with Crippen molar-refractivity contribution in [2.75, 3.05) is 26.2 Å². The van der Waals surface area contributed by atoms with Gasteiger partial charge in [0.1, 0.15) is 6.67 Å². The third kappa shape index (κ3) is 2.39. The number of nitrogens with one attached hydrogen (secondary N) is 1. The molecule has 0 aliphatic carbocycles. The monoisotopic (exact) mass is 222 g/mol. The minimum absolute atomic E-state index is 0.0342. The number of nitrogens with zero attached hydrogens (tertiary/aromatic N) is 1. The van der Waals surface area contributed by atoms with Gasteiger partial charge in [-0.15, -0.1) is 0 Å². The lowest BCUT2D eigenvalue weighted by atomic mass is 10.1.